The second-order valence-corrected chi connectivity index (χ2v) is 11.5. The van der Waals surface area contributed by atoms with Crippen LogP contribution >= 0.6 is 11.3 Å². The molecule has 0 unspecified atom stereocenters. The smallest absolute Gasteiger partial charge is 0.291 e. The quantitative estimate of drug-likeness (QED) is 0.191. The Morgan fingerprint density at radius 1 is 0.907 bits per heavy atom. The largest absolute Gasteiger partial charge is 0.497 e. The third-order valence-corrected chi connectivity index (χ3v) is 7.84. The molecule has 0 atom stereocenters. The van der Waals surface area contributed by atoms with Gasteiger partial charge in [-0.25, -0.2) is 4.68 Å². The monoisotopic (exact) mass is 589 g/mol. The average Bonchev–Trinajstić information content (AvgIpc) is 3.71. The van der Waals surface area contributed by atoms with Crippen molar-refractivity contribution < 1.29 is 9.47 Å². The van der Waals surface area contributed by atoms with Crippen molar-refractivity contribution in [2.75, 3.05) is 13.7 Å². The van der Waals surface area contributed by atoms with Crippen LogP contribution in [0.1, 0.15) is 37.2 Å². The molecular weight excluding hydrogens is 558 g/mol. The number of fused-ring (bicyclic) bond motifs is 1. The van der Waals surface area contributed by atoms with Crippen LogP contribution < -0.4 is 19.6 Å². The van der Waals surface area contributed by atoms with Gasteiger partial charge in [0.25, 0.3) is 5.56 Å². The molecule has 0 aliphatic heterocycles. The molecule has 8 nitrogen and oxygen atoms in total. The minimum absolute atomic E-state index is 0.219. The predicted octanol–water partition coefficient (Wildman–Crippen LogP) is 6.16. The highest BCUT2D eigenvalue weighted by molar-refractivity contribution is 7.15. The van der Waals surface area contributed by atoms with Gasteiger partial charge in [-0.2, -0.15) is 14.6 Å². The molecule has 0 amide bonds. The van der Waals surface area contributed by atoms with Crippen molar-refractivity contribution in [3.8, 4) is 28.4 Å². The first-order valence-corrected chi connectivity index (χ1v) is 14.9. The standard InChI is InChI=1S/C34H31N5O3S/c1-23(2)19-20-42-29-16-12-25(13-17-29)32-26(22-38(37-32)27-7-5-4-6-8-27)21-30-33(40)39-34(43-30)35-31(36-39)18-11-24-9-14-28(41-3)15-10-24/h4-18,21-23H,19-20H2,1-3H3/b18-11+,30-21-. The van der Waals surface area contributed by atoms with Crippen LogP contribution in [0.3, 0.4) is 0 Å². The molecule has 9 heteroatoms. The molecule has 0 saturated carbocycles. The Kier molecular flexibility index (Phi) is 8.15. The summed E-state index contributed by atoms with van der Waals surface area (Å²) in [5, 5.41) is 9.34. The average molecular weight is 590 g/mol. The van der Waals surface area contributed by atoms with Gasteiger partial charge >= 0.3 is 0 Å². The van der Waals surface area contributed by atoms with Crippen molar-refractivity contribution in [3.63, 3.8) is 0 Å². The first kappa shape index (κ1) is 28.1. The molecule has 0 bridgehead atoms. The van der Waals surface area contributed by atoms with Crippen LogP contribution in [0.25, 0.3) is 40.1 Å². The van der Waals surface area contributed by atoms with E-state index in [0.717, 1.165) is 46.0 Å². The molecule has 0 radical (unpaired) electrons. The number of hydrogen-bond acceptors (Lipinski definition) is 7. The fraction of sp³-hybridized carbons (Fsp3) is 0.176. The number of ether oxygens (including phenoxy) is 2. The fourth-order valence-electron chi connectivity index (χ4n) is 4.50. The summed E-state index contributed by atoms with van der Waals surface area (Å²) in [6.07, 6.45) is 8.50. The van der Waals surface area contributed by atoms with Crippen LogP contribution in [0.2, 0.25) is 0 Å². The highest BCUT2D eigenvalue weighted by atomic mass is 32.1. The van der Waals surface area contributed by atoms with E-state index in [4.69, 9.17) is 14.6 Å². The van der Waals surface area contributed by atoms with E-state index < -0.39 is 0 Å². The van der Waals surface area contributed by atoms with Gasteiger partial charge in [0.05, 0.1) is 23.9 Å². The summed E-state index contributed by atoms with van der Waals surface area (Å²) in [7, 11) is 1.64. The second-order valence-electron chi connectivity index (χ2n) is 10.5. The Morgan fingerprint density at radius 2 is 1.65 bits per heavy atom. The van der Waals surface area contributed by atoms with Crippen molar-refractivity contribution in [1.29, 1.82) is 0 Å². The molecule has 0 N–H and O–H groups in total. The van der Waals surface area contributed by atoms with E-state index in [1.54, 1.807) is 13.2 Å². The van der Waals surface area contributed by atoms with Gasteiger partial charge in [0.1, 0.15) is 17.2 Å². The molecule has 43 heavy (non-hydrogen) atoms. The topological polar surface area (TPSA) is 83.5 Å². The van der Waals surface area contributed by atoms with Gasteiger partial charge in [0, 0.05) is 17.3 Å². The van der Waals surface area contributed by atoms with E-state index in [-0.39, 0.29) is 5.56 Å². The molecule has 3 aromatic carbocycles. The Labute approximate surface area is 253 Å². The zero-order chi connectivity index (χ0) is 29.8. The van der Waals surface area contributed by atoms with E-state index in [2.05, 4.69) is 23.9 Å². The van der Waals surface area contributed by atoms with E-state index in [1.165, 1.54) is 15.9 Å². The fourth-order valence-corrected chi connectivity index (χ4v) is 5.40. The van der Waals surface area contributed by atoms with Crippen LogP contribution in [0.15, 0.2) is 89.9 Å². The second kappa shape index (κ2) is 12.5. The number of nitrogens with zero attached hydrogens (tertiary/aromatic N) is 5. The summed E-state index contributed by atoms with van der Waals surface area (Å²) >= 11 is 1.30. The number of aromatic nitrogens is 5. The minimum Gasteiger partial charge on any atom is -0.497 e. The maximum absolute atomic E-state index is 13.4. The first-order valence-electron chi connectivity index (χ1n) is 14.1. The minimum atomic E-state index is -0.219. The van der Waals surface area contributed by atoms with Crippen LogP contribution in [-0.4, -0.2) is 38.1 Å². The van der Waals surface area contributed by atoms with Crippen molar-refractivity contribution >= 4 is 34.5 Å². The molecule has 6 aromatic rings. The highest BCUT2D eigenvalue weighted by Gasteiger charge is 2.14. The predicted molar refractivity (Wildman–Crippen MR) is 172 cm³/mol. The lowest BCUT2D eigenvalue weighted by molar-refractivity contribution is 0.289. The number of thiazole rings is 1. The molecule has 0 aliphatic rings. The van der Waals surface area contributed by atoms with E-state index in [1.807, 2.05) is 102 Å². The molecular formula is C34H31N5O3S. The zero-order valence-electron chi connectivity index (χ0n) is 24.2. The summed E-state index contributed by atoms with van der Waals surface area (Å²) < 4.78 is 14.8. The third-order valence-electron chi connectivity index (χ3n) is 6.88. The van der Waals surface area contributed by atoms with Gasteiger partial charge in [0.2, 0.25) is 4.96 Å². The van der Waals surface area contributed by atoms with Gasteiger partial charge in [-0.3, -0.25) is 4.79 Å². The molecule has 0 saturated heterocycles. The number of benzene rings is 3. The zero-order valence-corrected chi connectivity index (χ0v) is 25.0. The van der Waals surface area contributed by atoms with Crippen molar-refractivity contribution in [2.24, 2.45) is 5.92 Å². The van der Waals surface area contributed by atoms with E-state index >= 15 is 0 Å². The lowest BCUT2D eigenvalue weighted by atomic mass is 10.1. The Balaban J connectivity index is 1.32. The van der Waals surface area contributed by atoms with Gasteiger partial charge in [-0.15, -0.1) is 5.10 Å². The van der Waals surface area contributed by atoms with Gasteiger partial charge < -0.3 is 9.47 Å². The normalized spacial score (nSPS) is 12.1. The highest BCUT2D eigenvalue weighted by Crippen LogP contribution is 2.27. The van der Waals surface area contributed by atoms with Crippen molar-refractivity contribution in [3.05, 3.63) is 117 Å². The molecule has 6 rings (SSSR count). The molecule has 3 heterocycles. The Hall–Kier alpha value is -5.02. The van der Waals surface area contributed by atoms with Gasteiger partial charge in [0.15, 0.2) is 5.82 Å². The van der Waals surface area contributed by atoms with Gasteiger partial charge in [-0.1, -0.05) is 61.6 Å². The molecule has 0 fully saturated rings. The summed E-state index contributed by atoms with van der Waals surface area (Å²) in [4.78, 5) is 18.5. The Bertz CT molecular complexity index is 1970. The molecule has 0 aliphatic carbocycles. The van der Waals surface area contributed by atoms with E-state index in [0.29, 0.717) is 27.8 Å². The Morgan fingerprint density at radius 3 is 2.35 bits per heavy atom. The molecule has 216 valence electrons. The summed E-state index contributed by atoms with van der Waals surface area (Å²) in [5.41, 5.74) is 4.19. The molecule has 3 aromatic heterocycles. The van der Waals surface area contributed by atoms with Crippen LogP contribution in [-0.2, 0) is 0 Å². The summed E-state index contributed by atoms with van der Waals surface area (Å²) in [6, 6.07) is 25.5. The lowest BCUT2D eigenvalue weighted by Crippen LogP contribution is -2.23. The van der Waals surface area contributed by atoms with Crippen molar-refractivity contribution in [1.82, 2.24) is 24.4 Å². The number of rotatable bonds is 10. The third kappa shape index (κ3) is 6.42. The maximum atomic E-state index is 13.4. The summed E-state index contributed by atoms with van der Waals surface area (Å²) in [5.74, 6) is 2.67. The van der Waals surface area contributed by atoms with Crippen LogP contribution in [0, 0.1) is 5.92 Å². The summed E-state index contributed by atoms with van der Waals surface area (Å²) in [6.45, 7) is 5.04. The lowest BCUT2D eigenvalue weighted by Gasteiger charge is -2.08. The van der Waals surface area contributed by atoms with Gasteiger partial charge in [-0.05, 0) is 78.6 Å². The first-order chi connectivity index (χ1) is 21.0. The SMILES string of the molecule is COc1ccc(/C=C/c2nc3s/c(=C\c4cn(-c5ccccc5)nc4-c4ccc(OCCC(C)C)cc4)c(=O)n3n2)cc1. The van der Waals surface area contributed by atoms with Crippen molar-refractivity contribution in [2.45, 2.75) is 20.3 Å². The number of para-hydroxylation sites is 1. The molecule has 0 spiro atoms. The van der Waals surface area contributed by atoms with E-state index in [9.17, 15) is 4.79 Å². The number of methoxy groups -OCH3 is 1. The maximum Gasteiger partial charge on any atom is 0.291 e. The van der Waals surface area contributed by atoms with Crippen LogP contribution in [0.5, 0.6) is 11.5 Å². The van der Waals surface area contributed by atoms with Crippen LogP contribution in [0.4, 0.5) is 0 Å². The number of hydrogen-bond donors (Lipinski definition) is 0.